The van der Waals surface area contributed by atoms with Gasteiger partial charge in [-0.1, -0.05) is 13.8 Å². The summed E-state index contributed by atoms with van der Waals surface area (Å²) in [5, 5.41) is 10.9. The van der Waals surface area contributed by atoms with Crippen LogP contribution in [0.25, 0.3) is 0 Å². The van der Waals surface area contributed by atoms with Crippen LogP contribution in [-0.4, -0.2) is 18.0 Å². The van der Waals surface area contributed by atoms with Gasteiger partial charge in [0.15, 0.2) is 0 Å². The Kier molecular flexibility index (Phi) is 3.76. The Morgan fingerprint density at radius 3 is 2.50 bits per heavy atom. The van der Waals surface area contributed by atoms with Gasteiger partial charge in [0.05, 0.1) is 10.8 Å². The molecule has 0 spiro atoms. The molecule has 2 unspecified atom stereocenters. The summed E-state index contributed by atoms with van der Waals surface area (Å²) in [6.07, 6.45) is 0. The van der Waals surface area contributed by atoms with Crippen molar-refractivity contribution >= 4 is 23.0 Å². The fourth-order valence-electron chi connectivity index (χ4n) is 2.39. The van der Waals surface area contributed by atoms with Crippen molar-refractivity contribution in [3.63, 3.8) is 0 Å². The summed E-state index contributed by atoms with van der Waals surface area (Å²) in [5.74, 6) is 1.47. The van der Waals surface area contributed by atoms with E-state index >= 15 is 0 Å². The van der Waals surface area contributed by atoms with E-state index in [0.717, 1.165) is 18.8 Å². The lowest BCUT2D eigenvalue weighted by molar-refractivity contribution is -0.385. The first-order chi connectivity index (χ1) is 8.52. The highest BCUT2D eigenvalue weighted by Crippen LogP contribution is 2.31. The summed E-state index contributed by atoms with van der Waals surface area (Å²) >= 11 is 5.79. The second-order valence-electron chi connectivity index (χ2n) is 5.06. The van der Waals surface area contributed by atoms with Crippen molar-refractivity contribution in [2.45, 2.75) is 19.7 Å². The zero-order valence-corrected chi connectivity index (χ0v) is 11.4. The smallest absolute Gasteiger partial charge is 0.273 e. The molecule has 0 aromatic heterocycles. The molecule has 0 bridgehead atoms. The molecule has 0 saturated carbocycles. The predicted octanol–water partition coefficient (Wildman–Crippen LogP) is 3.43. The first kappa shape index (κ1) is 13.1. The highest BCUT2D eigenvalue weighted by molar-refractivity contribution is 6.17. The van der Waals surface area contributed by atoms with Gasteiger partial charge in [-0.25, -0.2) is 0 Å². The molecule has 2 atom stereocenters. The second-order valence-corrected chi connectivity index (χ2v) is 5.33. The van der Waals surface area contributed by atoms with Crippen LogP contribution in [-0.2, 0) is 5.88 Å². The fourth-order valence-corrected chi connectivity index (χ4v) is 2.61. The molecule has 1 saturated heterocycles. The molecule has 98 valence electrons. The van der Waals surface area contributed by atoms with Crippen molar-refractivity contribution in [2.75, 3.05) is 18.0 Å². The number of benzene rings is 1. The first-order valence-corrected chi connectivity index (χ1v) is 6.64. The van der Waals surface area contributed by atoms with Crippen molar-refractivity contribution in [1.29, 1.82) is 0 Å². The average Bonchev–Trinajstić information content (AvgIpc) is 2.68. The lowest BCUT2D eigenvalue weighted by Crippen LogP contribution is -2.19. The lowest BCUT2D eigenvalue weighted by Gasteiger charge is -2.19. The maximum Gasteiger partial charge on any atom is 0.273 e. The van der Waals surface area contributed by atoms with E-state index in [0.29, 0.717) is 17.4 Å². The molecule has 1 aromatic carbocycles. The van der Waals surface area contributed by atoms with Gasteiger partial charge in [0.25, 0.3) is 5.69 Å². The molecule has 0 N–H and O–H groups in total. The van der Waals surface area contributed by atoms with E-state index in [4.69, 9.17) is 11.6 Å². The number of anilines is 1. The molecule has 18 heavy (non-hydrogen) atoms. The van der Waals surface area contributed by atoms with Crippen LogP contribution in [0.1, 0.15) is 19.4 Å². The molecule has 1 fully saturated rings. The first-order valence-electron chi connectivity index (χ1n) is 6.11. The van der Waals surface area contributed by atoms with Gasteiger partial charge in [-0.2, -0.15) is 0 Å². The lowest BCUT2D eigenvalue weighted by atomic mass is 10.0. The van der Waals surface area contributed by atoms with Gasteiger partial charge < -0.3 is 4.90 Å². The zero-order valence-electron chi connectivity index (χ0n) is 10.6. The van der Waals surface area contributed by atoms with Crippen molar-refractivity contribution in [3.05, 3.63) is 33.9 Å². The van der Waals surface area contributed by atoms with E-state index in [1.54, 1.807) is 6.07 Å². The molecule has 2 rings (SSSR count). The summed E-state index contributed by atoms with van der Waals surface area (Å²) in [6.45, 7) is 6.47. The third-order valence-electron chi connectivity index (χ3n) is 3.76. The van der Waals surface area contributed by atoms with Crippen LogP contribution in [0, 0.1) is 22.0 Å². The molecular weight excluding hydrogens is 252 g/mol. The molecule has 0 aliphatic carbocycles. The van der Waals surface area contributed by atoms with Crippen molar-refractivity contribution in [3.8, 4) is 0 Å². The summed E-state index contributed by atoms with van der Waals surface area (Å²) in [4.78, 5) is 12.7. The number of rotatable bonds is 3. The van der Waals surface area contributed by atoms with Gasteiger partial charge in [-0.3, -0.25) is 10.1 Å². The minimum Gasteiger partial charge on any atom is -0.371 e. The molecule has 0 amide bonds. The quantitative estimate of drug-likeness (QED) is 0.479. The number of nitro benzene ring substituents is 1. The highest BCUT2D eigenvalue weighted by Gasteiger charge is 2.27. The zero-order chi connectivity index (χ0) is 13.3. The van der Waals surface area contributed by atoms with Gasteiger partial charge in [0, 0.05) is 30.4 Å². The molecular formula is C13H17ClN2O2. The molecule has 1 aromatic rings. The average molecular weight is 269 g/mol. The van der Waals surface area contributed by atoms with E-state index in [1.165, 1.54) is 0 Å². The minimum absolute atomic E-state index is 0.106. The third kappa shape index (κ3) is 2.43. The van der Waals surface area contributed by atoms with Gasteiger partial charge in [0.1, 0.15) is 0 Å². The van der Waals surface area contributed by atoms with Crippen molar-refractivity contribution < 1.29 is 4.92 Å². The Bertz CT molecular complexity index is 454. The van der Waals surface area contributed by atoms with Crippen molar-refractivity contribution in [1.82, 2.24) is 0 Å². The minimum atomic E-state index is -0.378. The number of nitro groups is 1. The topological polar surface area (TPSA) is 46.4 Å². The monoisotopic (exact) mass is 268 g/mol. The summed E-state index contributed by atoms with van der Waals surface area (Å²) in [7, 11) is 0. The molecule has 4 nitrogen and oxygen atoms in total. The Hall–Kier alpha value is -1.29. The van der Waals surface area contributed by atoms with Crippen LogP contribution in [0.5, 0.6) is 0 Å². The molecule has 1 heterocycles. The summed E-state index contributed by atoms with van der Waals surface area (Å²) < 4.78 is 0. The van der Waals surface area contributed by atoms with Crippen LogP contribution in [0.4, 0.5) is 11.4 Å². The summed E-state index contributed by atoms with van der Waals surface area (Å²) in [5.41, 5.74) is 1.73. The van der Waals surface area contributed by atoms with E-state index in [9.17, 15) is 10.1 Å². The van der Waals surface area contributed by atoms with Crippen LogP contribution in [0.15, 0.2) is 18.2 Å². The SMILES string of the molecule is CC1CN(c2ccc([N+](=O)[O-])c(CCl)c2)CC1C. The molecule has 5 heteroatoms. The number of alkyl halides is 1. The number of nitrogens with zero attached hydrogens (tertiary/aromatic N) is 2. The van der Waals surface area contributed by atoms with Crippen LogP contribution >= 0.6 is 11.6 Å². The molecule has 0 radical (unpaired) electrons. The Morgan fingerprint density at radius 2 is 2.00 bits per heavy atom. The van der Waals surface area contributed by atoms with E-state index < -0.39 is 0 Å². The number of hydrogen-bond acceptors (Lipinski definition) is 3. The second kappa shape index (κ2) is 5.14. The predicted molar refractivity (Wildman–Crippen MR) is 73.2 cm³/mol. The van der Waals surface area contributed by atoms with Crippen LogP contribution < -0.4 is 4.90 Å². The Labute approximate surface area is 112 Å². The van der Waals surface area contributed by atoms with E-state index in [-0.39, 0.29) is 16.5 Å². The van der Waals surface area contributed by atoms with Gasteiger partial charge in [0.2, 0.25) is 0 Å². The molecule has 1 aliphatic heterocycles. The largest absolute Gasteiger partial charge is 0.371 e. The number of halogens is 1. The normalized spacial score (nSPS) is 23.4. The number of hydrogen-bond donors (Lipinski definition) is 0. The van der Waals surface area contributed by atoms with Crippen LogP contribution in [0.2, 0.25) is 0 Å². The van der Waals surface area contributed by atoms with Gasteiger partial charge in [-0.15, -0.1) is 11.6 Å². The van der Waals surface area contributed by atoms with Gasteiger partial charge >= 0.3 is 0 Å². The maximum atomic E-state index is 10.9. The maximum absolute atomic E-state index is 10.9. The Morgan fingerprint density at radius 1 is 1.39 bits per heavy atom. The molecule has 1 aliphatic rings. The fraction of sp³-hybridized carbons (Fsp3) is 0.538. The third-order valence-corrected chi connectivity index (χ3v) is 4.04. The Balaban J connectivity index is 2.28. The van der Waals surface area contributed by atoms with E-state index in [2.05, 4.69) is 18.7 Å². The van der Waals surface area contributed by atoms with Gasteiger partial charge in [-0.05, 0) is 24.0 Å². The van der Waals surface area contributed by atoms with E-state index in [1.807, 2.05) is 12.1 Å². The standard InChI is InChI=1S/C13H17ClN2O2/c1-9-7-15(8-10(9)2)12-3-4-13(16(17)18)11(5-12)6-14/h3-5,9-10H,6-8H2,1-2H3. The summed E-state index contributed by atoms with van der Waals surface area (Å²) in [6, 6.07) is 5.22. The van der Waals surface area contributed by atoms with Crippen molar-refractivity contribution in [2.24, 2.45) is 11.8 Å². The highest BCUT2D eigenvalue weighted by atomic mass is 35.5. The van der Waals surface area contributed by atoms with Crippen LogP contribution in [0.3, 0.4) is 0 Å².